The van der Waals surface area contributed by atoms with Crippen molar-refractivity contribution in [2.45, 2.75) is 6.54 Å². The van der Waals surface area contributed by atoms with Crippen LogP contribution < -0.4 is 15.8 Å². The lowest BCUT2D eigenvalue weighted by molar-refractivity contribution is -0.119. The molecule has 4 nitrogen and oxygen atoms in total. The van der Waals surface area contributed by atoms with Gasteiger partial charge in [-0.2, -0.15) is 0 Å². The molecule has 2 rings (SSSR count). The van der Waals surface area contributed by atoms with Gasteiger partial charge in [0.25, 0.3) is 5.91 Å². The molecule has 0 heterocycles. The number of primary amides is 1. The van der Waals surface area contributed by atoms with Gasteiger partial charge in [0.2, 0.25) is 0 Å². The SMILES string of the molecule is NC(=O)COc1cccc(NCc2ccc(Cl)c(Br)c2)c1. The zero-order valence-electron chi connectivity index (χ0n) is 11.1. The summed E-state index contributed by atoms with van der Waals surface area (Å²) >= 11 is 9.35. The van der Waals surface area contributed by atoms with E-state index in [2.05, 4.69) is 21.2 Å². The number of carbonyl (C=O) groups excluding carboxylic acids is 1. The number of anilines is 1. The minimum absolute atomic E-state index is 0.131. The van der Waals surface area contributed by atoms with Crippen LogP contribution in [0.2, 0.25) is 5.02 Å². The third kappa shape index (κ3) is 4.95. The summed E-state index contributed by atoms with van der Waals surface area (Å²) in [5, 5.41) is 3.96. The summed E-state index contributed by atoms with van der Waals surface area (Å²) < 4.78 is 6.12. The average Bonchev–Trinajstić information content (AvgIpc) is 2.47. The van der Waals surface area contributed by atoms with Crippen LogP contribution in [0.4, 0.5) is 5.69 Å². The Bertz CT molecular complexity index is 649. The molecule has 0 aromatic heterocycles. The van der Waals surface area contributed by atoms with Crippen LogP contribution in [0, 0.1) is 0 Å². The number of benzene rings is 2. The maximum atomic E-state index is 10.7. The smallest absolute Gasteiger partial charge is 0.255 e. The minimum Gasteiger partial charge on any atom is -0.484 e. The zero-order valence-corrected chi connectivity index (χ0v) is 13.4. The van der Waals surface area contributed by atoms with Gasteiger partial charge < -0.3 is 15.8 Å². The molecule has 0 aliphatic rings. The highest BCUT2D eigenvalue weighted by molar-refractivity contribution is 9.10. The average molecular weight is 370 g/mol. The topological polar surface area (TPSA) is 64.4 Å². The molecule has 2 aromatic rings. The van der Waals surface area contributed by atoms with Crippen LogP contribution in [0.3, 0.4) is 0 Å². The maximum absolute atomic E-state index is 10.7. The Balaban J connectivity index is 1.97. The lowest BCUT2D eigenvalue weighted by atomic mass is 10.2. The summed E-state index contributed by atoms with van der Waals surface area (Å²) in [5.41, 5.74) is 7.03. The molecular formula is C15H14BrClN2O2. The van der Waals surface area contributed by atoms with Crippen LogP contribution in [0.25, 0.3) is 0 Å². The van der Waals surface area contributed by atoms with Crippen LogP contribution in [0.5, 0.6) is 5.75 Å². The molecule has 21 heavy (non-hydrogen) atoms. The molecule has 0 unspecified atom stereocenters. The van der Waals surface area contributed by atoms with E-state index in [1.807, 2.05) is 36.4 Å². The second-order valence-electron chi connectivity index (χ2n) is 4.38. The van der Waals surface area contributed by atoms with Gasteiger partial charge in [0.05, 0.1) is 5.02 Å². The maximum Gasteiger partial charge on any atom is 0.255 e. The second-order valence-corrected chi connectivity index (χ2v) is 5.65. The summed E-state index contributed by atoms with van der Waals surface area (Å²) in [5.74, 6) is 0.0930. The molecule has 0 bridgehead atoms. The summed E-state index contributed by atoms with van der Waals surface area (Å²) in [7, 11) is 0. The lowest BCUT2D eigenvalue weighted by Crippen LogP contribution is -2.20. The minimum atomic E-state index is -0.501. The number of amides is 1. The van der Waals surface area contributed by atoms with Crippen LogP contribution in [0.1, 0.15) is 5.56 Å². The van der Waals surface area contributed by atoms with Crippen molar-refractivity contribution in [1.82, 2.24) is 0 Å². The van der Waals surface area contributed by atoms with Gasteiger partial charge in [-0.05, 0) is 45.8 Å². The van der Waals surface area contributed by atoms with Crippen molar-refractivity contribution in [3.63, 3.8) is 0 Å². The lowest BCUT2D eigenvalue weighted by Gasteiger charge is -2.09. The van der Waals surface area contributed by atoms with E-state index in [-0.39, 0.29) is 6.61 Å². The fourth-order valence-corrected chi connectivity index (χ4v) is 2.25. The largest absolute Gasteiger partial charge is 0.484 e. The van der Waals surface area contributed by atoms with Gasteiger partial charge in [0.1, 0.15) is 5.75 Å². The number of halogens is 2. The summed E-state index contributed by atoms with van der Waals surface area (Å²) in [4.78, 5) is 10.7. The van der Waals surface area contributed by atoms with Crippen LogP contribution in [0.15, 0.2) is 46.9 Å². The van der Waals surface area contributed by atoms with Crippen molar-refractivity contribution >= 4 is 39.1 Å². The predicted molar refractivity (Wildman–Crippen MR) is 87.6 cm³/mol. The van der Waals surface area contributed by atoms with Crippen LogP contribution >= 0.6 is 27.5 Å². The van der Waals surface area contributed by atoms with Gasteiger partial charge in [-0.25, -0.2) is 0 Å². The fraction of sp³-hybridized carbons (Fsp3) is 0.133. The Hall–Kier alpha value is -1.72. The van der Waals surface area contributed by atoms with E-state index in [0.717, 1.165) is 15.7 Å². The van der Waals surface area contributed by atoms with E-state index in [1.54, 1.807) is 6.07 Å². The van der Waals surface area contributed by atoms with Crippen molar-refractivity contribution in [3.05, 3.63) is 57.5 Å². The zero-order chi connectivity index (χ0) is 15.2. The molecule has 0 fully saturated rings. The Kier molecular flexibility index (Phi) is 5.47. The number of nitrogens with two attached hydrogens (primary N) is 1. The fourth-order valence-electron chi connectivity index (χ4n) is 1.70. The number of nitrogens with one attached hydrogen (secondary N) is 1. The van der Waals surface area contributed by atoms with Gasteiger partial charge in [-0.3, -0.25) is 4.79 Å². The van der Waals surface area contributed by atoms with Gasteiger partial charge in [-0.15, -0.1) is 0 Å². The first-order valence-corrected chi connectivity index (χ1v) is 7.40. The molecule has 3 N–H and O–H groups in total. The van der Waals surface area contributed by atoms with E-state index < -0.39 is 5.91 Å². The monoisotopic (exact) mass is 368 g/mol. The highest BCUT2D eigenvalue weighted by Gasteiger charge is 2.01. The molecule has 0 saturated carbocycles. The molecular weight excluding hydrogens is 356 g/mol. The first-order valence-electron chi connectivity index (χ1n) is 6.23. The van der Waals surface area contributed by atoms with Gasteiger partial charge in [0, 0.05) is 22.8 Å². The van der Waals surface area contributed by atoms with E-state index in [4.69, 9.17) is 22.1 Å². The number of hydrogen-bond acceptors (Lipinski definition) is 3. The standard InChI is InChI=1S/C15H14BrClN2O2/c16-13-6-10(4-5-14(13)17)8-19-11-2-1-3-12(7-11)21-9-15(18)20/h1-7,19H,8-9H2,(H2,18,20). The Morgan fingerprint density at radius 3 is 2.81 bits per heavy atom. The van der Waals surface area contributed by atoms with E-state index in [0.29, 0.717) is 17.3 Å². The van der Waals surface area contributed by atoms with Crippen LogP contribution in [-0.4, -0.2) is 12.5 Å². The van der Waals surface area contributed by atoms with Crippen molar-refractivity contribution in [3.8, 4) is 5.75 Å². The van der Waals surface area contributed by atoms with E-state index >= 15 is 0 Å². The Morgan fingerprint density at radius 2 is 2.10 bits per heavy atom. The van der Waals surface area contributed by atoms with Crippen molar-refractivity contribution in [2.24, 2.45) is 5.73 Å². The molecule has 6 heteroatoms. The highest BCUT2D eigenvalue weighted by Crippen LogP contribution is 2.24. The second kappa shape index (κ2) is 7.33. The Morgan fingerprint density at radius 1 is 1.29 bits per heavy atom. The summed E-state index contributed by atoms with van der Waals surface area (Å²) in [6.07, 6.45) is 0. The van der Waals surface area contributed by atoms with Crippen molar-refractivity contribution in [1.29, 1.82) is 0 Å². The molecule has 0 radical (unpaired) electrons. The third-order valence-electron chi connectivity index (χ3n) is 2.70. The van der Waals surface area contributed by atoms with Gasteiger partial charge in [-0.1, -0.05) is 23.7 Å². The first kappa shape index (κ1) is 15.7. The molecule has 0 atom stereocenters. The molecule has 0 aliphatic heterocycles. The number of hydrogen-bond donors (Lipinski definition) is 2. The predicted octanol–water partition coefficient (Wildman–Crippen LogP) is 3.58. The molecule has 0 aliphatic carbocycles. The molecule has 0 saturated heterocycles. The van der Waals surface area contributed by atoms with E-state index in [1.165, 1.54) is 0 Å². The third-order valence-corrected chi connectivity index (χ3v) is 3.91. The molecule has 0 spiro atoms. The molecule has 110 valence electrons. The van der Waals surface area contributed by atoms with Crippen molar-refractivity contribution < 1.29 is 9.53 Å². The Labute approximate surface area is 136 Å². The molecule has 1 amide bonds. The highest BCUT2D eigenvalue weighted by atomic mass is 79.9. The molecule has 2 aromatic carbocycles. The van der Waals surface area contributed by atoms with Gasteiger partial charge >= 0.3 is 0 Å². The number of rotatable bonds is 6. The quantitative estimate of drug-likeness (QED) is 0.818. The summed E-state index contributed by atoms with van der Waals surface area (Å²) in [6.45, 7) is 0.516. The van der Waals surface area contributed by atoms with E-state index in [9.17, 15) is 4.79 Å². The van der Waals surface area contributed by atoms with Crippen LogP contribution in [-0.2, 0) is 11.3 Å². The number of carbonyl (C=O) groups is 1. The summed E-state index contributed by atoms with van der Waals surface area (Å²) in [6, 6.07) is 13.1. The first-order chi connectivity index (χ1) is 10.0. The normalized spacial score (nSPS) is 10.2. The van der Waals surface area contributed by atoms with Gasteiger partial charge in [0.15, 0.2) is 6.61 Å². The van der Waals surface area contributed by atoms with Crippen molar-refractivity contribution in [2.75, 3.05) is 11.9 Å². The number of ether oxygens (including phenoxy) is 1.